The molecule has 1 aromatic rings. The van der Waals surface area contributed by atoms with Crippen LogP contribution >= 0.6 is 0 Å². The SMILES string of the molecule is Cc1ccc(OC(C)CCCNC2CC2)cc1C. The monoisotopic (exact) mass is 247 g/mol. The van der Waals surface area contributed by atoms with Crippen LogP contribution in [0, 0.1) is 13.8 Å². The van der Waals surface area contributed by atoms with Gasteiger partial charge in [0.25, 0.3) is 0 Å². The molecule has 2 rings (SSSR count). The van der Waals surface area contributed by atoms with Crippen LogP contribution in [0.25, 0.3) is 0 Å². The first-order chi connectivity index (χ1) is 8.65. The van der Waals surface area contributed by atoms with Crippen molar-refractivity contribution in [3.05, 3.63) is 29.3 Å². The van der Waals surface area contributed by atoms with E-state index in [4.69, 9.17) is 4.74 Å². The van der Waals surface area contributed by atoms with E-state index in [-0.39, 0.29) is 0 Å². The van der Waals surface area contributed by atoms with Gasteiger partial charge in [-0.2, -0.15) is 0 Å². The van der Waals surface area contributed by atoms with Gasteiger partial charge in [-0.3, -0.25) is 0 Å². The van der Waals surface area contributed by atoms with Crippen molar-refractivity contribution in [3.8, 4) is 5.75 Å². The Hall–Kier alpha value is -1.02. The number of rotatable bonds is 7. The highest BCUT2D eigenvalue weighted by Gasteiger charge is 2.19. The van der Waals surface area contributed by atoms with Crippen molar-refractivity contribution in [2.45, 2.75) is 58.6 Å². The Morgan fingerprint density at radius 1 is 1.28 bits per heavy atom. The number of hydrogen-bond acceptors (Lipinski definition) is 2. The Morgan fingerprint density at radius 3 is 2.72 bits per heavy atom. The second-order valence-corrected chi connectivity index (χ2v) is 5.55. The molecule has 0 aromatic heterocycles. The molecule has 0 heterocycles. The first-order valence-corrected chi connectivity index (χ1v) is 7.12. The maximum absolute atomic E-state index is 5.95. The minimum absolute atomic E-state index is 0.299. The molecule has 1 N–H and O–H groups in total. The molecule has 18 heavy (non-hydrogen) atoms. The lowest BCUT2D eigenvalue weighted by atomic mass is 10.1. The zero-order chi connectivity index (χ0) is 13.0. The smallest absolute Gasteiger partial charge is 0.119 e. The summed E-state index contributed by atoms with van der Waals surface area (Å²) >= 11 is 0. The Bertz CT molecular complexity index is 385. The first-order valence-electron chi connectivity index (χ1n) is 7.12. The second kappa shape index (κ2) is 6.24. The summed E-state index contributed by atoms with van der Waals surface area (Å²) in [5.74, 6) is 1.00. The highest BCUT2D eigenvalue weighted by Crippen LogP contribution is 2.20. The number of aryl methyl sites for hydroxylation is 2. The summed E-state index contributed by atoms with van der Waals surface area (Å²) in [4.78, 5) is 0. The fourth-order valence-electron chi connectivity index (χ4n) is 2.06. The van der Waals surface area contributed by atoms with Crippen LogP contribution in [0.1, 0.15) is 43.7 Å². The third-order valence-electron chi connectivity index (χ3n) is 3.61. The first kappa shape index (κ1) is 13.4. The highest BCUT2D eigenvalue weighted by molar-refractivity contribution is 5.33. The molecule has 0 saturated heterocycles. The molecule has 0 aliphatic heterocycles. The van der Waals surface area contributed by atoms with Crippen LogP contribution < -0.4 is 10.1 Å². The molecule has 2 heteroatoms. The third kappa shape index (κ3) is 4.34. The fourth-order valence-corrected chi connectivity index (χ4v) is 2.06. The van der Waals surface area contributed by atoms with Gasteiger partial charge in [0.05, 0.1) is 6.10 Å². The molecule has 1 unspecified atom stereocenters. The van der Waals surface area contributed by atoms with E-state index in [1.54, 1.807) is 0 Å². The zero-order valence-corrected chi connectivity index (χ0v) is 11.8. The quantitative estimate of drug-likeness (QED) is 0.743. The molecule has 1 atom stereocenters. The molecule has 1 aliphatic rings. The van der Waals surface area contributed by atoms with Gasteiger partial charge in [0.2, 0.25) is 0 Å². The van der Waals surface area contributed by atoms with Crippen LogP contribution in [-0.2, 0) is 0 Å². The van der Waals surface area contributed by atoms with Gasteiger partial charge in [0.15, 0.2) is 0 Å². The molecule has 0 bridgehead atoms. The topological polar surface area (TPSA) is 21.3 Å². The highest BCUT2D eigenvalue weighted by atomic mass is 16.5. The van der Waals surface area contributed by atoms with Crippen LogP contribution in [0.3, 0.4) is 0 Å². The predicted octanol–water partition coefficient (Wildman–Crippen LogP) is 3.60. The fraction of sp³-hybridized carbons (Fsp3) is 0.625. The molecule has 1 fully saturated rings. The predicted molar refractivity (Wildman–Crippen MR) is 76.3 cm³/mol. The van der Waals surface area contributed by atoms with E-state index in [9.17, 15) is 0 Å². The van der Waals surface area contributed by atoms with E-state index in [0.717, 1.165) is 24.8 Å². The van der Waals surface area contributed by atoms with Crippen molar-refractivity contribution < 1.29 is 4.74 Å². The summed E-state index contributed by atoms with van der Waals surface area (Å²) in [6.45, 7) is 7.55. The van der Waals surface area contributed by atoms with Crippen molar-refractivity contribution >= 4 is 0 Å². The van der Waals surface area contributed by atoms with Crippen LogP contribution in [0.15, 0.2) is 18.2 Å². The minimum Gasteiger partial charge on any atom is -0.491 e. The number of nitrogens with one attached hydrogen (secondary N) is 1. The Kier molecular flexibility index (Phi) is 4.65. The molecule has 0 radical (unpaired) electrons. The van der Waals surface area contributed by atoms with Crippen molar-refractivity contribution in [3.63, 3.8) is 0 Å². The normalized spacial score (nSPS) is 16.6. The maximum Gasteiger partial charge on any atom is 0.119 e. The van der Waals surface area contributed by atoms with Gasteiger partial charge < -0.3 is 10.1 Å². The standard InChI is InChI=1S/C16H25NO/c1-12-6-9-16(11-13(12)2)18-14(3)5-4-10-17-15-7-8-15/h6,9,11,14-15,17H,4-5,7-8,10H2,1-3H3. The van der Waals surface area contributed by atoms with E-state index in [2.05, 4.69) is 44.3 Å². The maximum atomic E-state index is 5.95. The summed E-state index contributed by atoms with van der Waals surface area (Å²) in [7, 11) is 0. The largest absolute Gasteiger partial charge is 0.491 e. The average Bonchev–Trinajstić information content (AvgIpc) is 3.14. The lowest BCUT2D eigenvalue weighted by molar-refractivity contribution is 0.207. The van der Waals surface area contributed by atoms with Crippen LogP contribution in [0.2, 0.25) is 0 Å². The molecular weight excluding hydrogens is 222 g/mol. The lowest BCUT2D eigenvalue weighted by Gasteiger charge is -2.15. The van der Waals surface area contributed by atoms with E-state index in [0.29, 0.717) is 6.10 Å². The summed E-state index contributed by atoms with van der Waals surface area (Å²) in [5, 5.41) is 3.54. The van der Waals surface area contributed by atoms with Gasteiger partial charge in [-0.15, -0.1) is 0 Å². The van der Waals surface area contributed by atoms with Crippen molar-refractivity contribution in [2.75, 3.05) is 6.54 Å². The molecule has 1 aromatic carbocycles. The summed E-state index contributed by atoms with van der Waals surface area (Å²) in [6.07, 6.45) is 5.35. The molecule has 1 saturated carbocycles. The molecule has 0 spiro atoms. The van der Waals surface area contributed by atoms with Gasteiger partial charge in [0.1, 0.15) is 5.75 Å². The van der Waals surface area contributed by atoms with Crippen molar-refractivity contribution in [2.24, 2.45) is 0 Å². The number of benzene rings is 1. The van der Waals surface area contributed by atoms with E-state index >= 15 is 0 Å². The Labute approximate surface area is 111 Å². The van der Waals surface area contributed by atoms with Crippen molar-refractivity contribution in [1.82, 2.24) is 5.32 Å². The molecule has 0 amide bonds. The number of ether oxygens (including phenoxy) is 1. The molecule has 1 aliphatic carbocycles. The van der Waals surface area contributed by atoms with Gasteiger partial charge in [-0.1, -0.05) is 6.07 Å². The van der Waals surface area contributed by atoms with E-state index in [1.165, 1.54) is 30.4 Å². The van der Waals surface area contributed by atoms with Crippen LogP contribution in [0.4, 0.5) is 0 Å². The average molecular weight is 247 g/mol. The number of hydrogen-bond donors (Lipinski definition) is 1. The minimum atomic E-state index is 0.299. The molecular formula is C16H25NO. The van der Waals surface area contributed by atoms with Gasteiger partial charge in [-0.25, -0.2) is 0 Å². The molecule has 2 nitrogen and oxygen atoms in total. The summed E-state index contributed by atoms with van der Waals surface area (Å²) in [6, 6.07) is 7.16. The van der Waals surface area contributed by atoms with Gasteiger partial charge >= 0.3 is 0 Å². The van der Waals surface area contributed by atoms with E-state index in [1.807, 2.05) is 0 Å². The summed E-state index contributed by atoms with van der Waals surface area (Å²) in [5.41, 5.74) is 2.62. The van der Waals surface area contributed by atoms with Gasteiger partial charge in [0, 0.05) is 6.04 Å². The summed E-state index contributed by atoms with van der Waals surface area (Å²) < 4.78 is 5.95. The van der Waals surface area contributed by atoms with Crippen molar-refractivity contribution in [1.29, 1.82) is 0 Å². The Morgan fingerprint density at radius 2 is 2.06 bits per heavy atom. The Balaban J connectivity index is 1.68. The van der Waals surface area contributed by atoms with Gasteiger partial charge in [-0.05, 0) is 76.3 Å². The van der Waals surface area contributed by atoms with Crippen LogP contribution in [0.5, 0.6) is 5.75 Å². The third-order valence-corrected chi connectivity index (χ3v) is 3.61. The van der Waals surface area contributed by atoms with Crippen LogP contribution in [-0.4, -0.2) is 18.7 Å². The second-order valence-electron chi connectivity index (χ2n) is 5.55. The van der Waals surface area contributed by atoms with E-state index < -0.39 is 0 Å². The lowest BCUT2D eigenvalue weighted by Crippen LogP contribution is -2.20. The zero-order valence-electron chi connectivity index (χ0n) is 11.8. The molecule has 100 valence electrons.